The van der Waals surface area contributed by atoms with Gasteiger partial charge in [0.05, 0.1) is 4.90 Å². The molecule has 0 spiro atoms. The van der Waals surface area contributed by atoms with Crippen LogP contribution in [0.1, 0.15) is 17.5 Å². The number of sulfonamides is 1. The summed E-state index contributed by atoms with van der Waals surface area (Å²) < 4.78 is 40.4. The van der Waals surface area contributed by atoms with Gasteiger partial charge < -0.3 is 5.32 Å². The number of halogens is 1. The standard InChI is InChI=1S/C17H17FN2O3S/c18-14-3-1-2-12(10-14)8-9-19-24(22,23)15-5-6-16-13(11-15)4-7-17(21)20-16/h1-3,5-6,10-11,19H,4,7-9H2,(H,20,21). The predicted octanol–water partition coefficient (Wildman–Crippen LogP) is 2.23. The zero-order chi connectivity index (χ0) is 17.2. The SMILES string of the molecule is O=C1CCc2cc(S(=O)(=O)NCCc3cccc(F)c3)ccc2N1. The second kappa shape index (κ2) is 6.70. The number of amides is 1. The molecule has 1 heterocycles. The van der Waals surface area contributed by atoms with Crippen molar-refractivity contribution < 1.29 is 17.6 Å². The van der Waals surface area contributed by atoms with E-state index in [1.807, 2.05) is 0 Å². The molecule has 0 saturated heterocycles. The minimum Gasteiger partial charge on any atom is -0.326 e. The fourth-order valence-corrected chi connectivity index (χ4v) is 3.71. The lowest BCUT2D eigenvalue weighted by Crippen LogP contribution is -2.26. The van der Waals surface area contributed by atoms with E-state index in [-0.39, 0.29) is 23.2 Å². The van der Waals surface area contributed by atoms with Crippen LogP contribution in [-0.4, -0.2) is 20.9 Å². The maximum absolute atomic E-state index is 13.1. The van der Waals surface area contributed by atoms with Crippen molar-refractivity contribution in [1.82, 2.24) is 4.72 Å². The minimum atomic E-state index is -3.64. The fraction of sp³-hybridized carbons (Fsp3) is 0.235. The van der Waals surface area contributed by atoms with Gasteiger partial charge in [-0.1, -0.05) is 12.1 Å². The molecule has 0 atom stereocenters. The van der Waals surface area contributed by atoms with Crippen LogP contribution < -0.4 is 10.0 Å². The van der Waals surface area contributed by atoms with E-state index in [4.69, 9.17) is 0 Å². The maximum atomic E-state index is 13.1. The second-order valence-electron chi connectivity index (χ2n) is 5.64. The molecule has 1 aliphatic heterocycles. The van der Waals surface area contributed by atoms with Gasteiger partial charge >= 0.3 is 0 Å². The largest absolute Gasteiger partial charge is 0.326 e. The van der Waals surface area contributed by atoms with E-state index in [1.54, 1.807) is 24.3 Å². The van der Waals surface area contributed by atoms with E-state index in [1.165, 1.54) is 18.2 Å². The minimum absolute atomic E-state index is 0.0636. The van der Waals surface area contributed by atoms with Gasteiger partial charge in [-0.3, -0.25) is 4.79 Å². The Morgan fingerprint density at radius 1 is 1.12 bits per heavy atom. The summed E-state index contributed by atoms with van der Waals surface area (Å²) in [7, 11) is -3.64. The highest BCUT2D eigenvalue weighted by molar-refractivity contribution is 7.89. The molecule has 1 amide bonds. The van der Waals surface area contributed by atoms with E-state index in [0.717, 1.165) is 11.1 Å². The molecule has 0 saturated carbocycles. The number of hydrogen-bond donors (Lipinski definition) is 2. The predicted molar refractivity (Wildman–Crippen MR) is 88.7 cm³/mol. The molecule has 0 aromatic heterocycles. The van der Waals surface area contributed by atoms with Gasteiger partial charge in [0.15, 0.2) is 0 Å². The van der Waals surface area contributed by atoms with E-state index in [2.05, 4.69) is 10.0 Å². The Bertz CT molecular complexity index is 881. The fourth-order valence-electron chi connectivity index (χ4n) is 2.63. The quantitative estimate of drug-likeness (QED) is 0.870. The molecule has 24 heavy (non-hydrogen) atoms. The highest BCUT2D eigenvalue weighted by Crippen LogP contribution is 2.25. The van der Waals surface area contributed by atoms with Gasteiger partial charge in [0.1, 0.15) is 5.82 Å². The first-order chi connectivity index (χ1) is 11.4. The number of aryl methyl sites for hydroxylation is 1. The summed E-state index contributed by atoms with van der Waals surface area (Å²) >= 11 is 0. The van der Waals surface area contributed by atoms with Crippen LogP contribution in [0.15, 0.2) is 47.4 Å². The molecule has 0 fully saturated rings. The Labute approximate surface area is 139 Å². The van der Waals surface area contributed by atoms with E-state index < -0.39 is 10.0 Å². The van der Waals surface area contributed by atoms with Crippen LogP contribution in [0.2, 0.25) is 0 Å². The maximum Gasteiger partial charge on any atom is 0.240 e. The first kappa shape index (κ1) is 16.6. The van der Waals surface area contributed by atoms with Crippen LogP contribution in [-0.2, 0) is 27.7 Å². The Morgan fingerprint density at radius 2 is 1.96 bits per heavy atom. The summed E-state index contributed by atoms with van der Waals surface area (Å²) in [5, 5.41) is 2.72. The molecule has 126 valence electrons. The summed E-state index contributed by atoms with van der Waals surface area (Å²) in [4.78, 5) is 11.5. The molecule has 0 unspecified atom stereocenters. The molecule has 5 nitrogen and oxygen atoms in total. The summed E-state index contributed by atoms with van der Waals surface area (Å²) in [6.07, 6.45) is 1.27. The number of anilines is 1. The van der Waals surface area contributed by atoms with E-state index in [0.29, 0.717) is 24.9 Å². The number of carbonyl (C=O) groups excluding carboxylic acids is 1. The summed E-state index contributed by atoms with van der Waals surface area (Å²) in [6.45, 7) is 0.180. The zero-order valence-corrected chi connectivity index (χ0v) is 13.7. The number of hydrogen-bond acceptors (Lipinski definition) is 3. The van der Waals surface area contributed by atoms with Crippen LogP contribution in [0.3, 0.4) is 0 Å². The molecule has 0 bridgehead atoms. The van der Waals surface area contributed by atoms with Gasteiger partial charge in [0, 0.05) is 18.7 Å². The van der Waals surface area contributed by atoms with Crippen molar-refractivity contribution in [3.8, 4) is 0 Å². The number of carbonyl (C=O) groups is 1. The summed E-state index contributed by atoms with van der Waals surface area (Å²) in [6, 6.07) is 10.7. The van der Waals surface area contributed by atoms with Gasteiger partial charge in [-0.2, -0.15) is 0 Å². The molecule has 2 aromatic carbocycles. The highest BCUT2D eigenvalue weighted by Gasteiger charge is 2.19. The monoisotopic (exact) mass is 348 g/mol. The summed E-state index contributed by atoms with van der Waals surface area (Å²) in [5.74, 6) is -0.404. The van der Waals surface area contributed by atoms with E-state index in [9.17, 15) is 17.6 Å². The van der Waals surface area contributed by atoms with Crippen molar-refractivity contribution in [3.63, 3.8) is 0 Å². The lowest BCUT2D eigenvalue weighted by Gasteiger charge is -2.17. The average molecular weight is 348 g/mol. The number of fused-ring (bicyclic) bond motifs is 1. The van der Waals surface area contributed by atoms with Crippen molar-refractivity contribution in [2.24, 2.45) is 0 Å². The van der Waals surface area contributed by atoms with Crippen LogP contribution in [0.25, 0.3) is 0 Å². The molecule has 2 aromatic rings. The number of benzene rings is 2. The van der Waals surface area contributed by atoms with Crippen LogP contribution in [0.5, 0.6) is 0 Å². The Hall–Kier alpha value is -2.25. The van der Waals surface area contributed by atoms with Gasteiger partial charge in [0.2, 0.25) is 15.9 Å². The molecular weight excluding hydrogens is 331 g/mol. The third kappa shape index (κ3) is 3.80. The second-order valence-corrected chi connectivity index (χ2v) is 7.41. The molecule has 3 rings (SSSR count). The zero-order valence-electron chi connectivity index (χ0n) is 12.9. The van der Waals surface area contributed by atoms with Crippen molar-refractivity contribution >= 4 is 21.6 Å². The molecule has 1 aliphatic rings. The molecule has 0 radical (unpaired) electrons. The number of nitrogens with one attached hydrogen (secondary N) is 2. The lowest BCUT2D eigenvalue weighted by atomic mass is 10.0. The van der Waals surface area contributed by atoms with Gasteiger partial charge in [-0.25, -0.2) is 17.5 Å². The van der Waals surface area contributed by atoms with Crippen molar-refractivity contribution in [2.75, 3.05) is 11.9 Å². The first-order valence-electron chi connectivity index (χ1n) is 7.61. The van der Waals surface area contributed by atoms with E-state index >= 15 is 0 Å². The topological polar surface area (TPSA) is 75.3 Å². The highest BCUT2D eigenvalue weighted by atomic mass is 32.2. The van der Waals surface area contributed by atoms with Crippen LogP contribution in [0.4, 0.5) is 10.1 Å². The Kier molecular flexibility index (Phi) is 4.64. The molecule has 7 heteroatoms. The van der Waals surface area contributed by atoms with Gasteiger partial charge in [0.25, 0.3) is 0 Å². The number of rotatable bonds is 5. The van der Waals surface area contributed by atoms with Gasteiger partial charge in [-0.05, 0) is 54.3 Å². The summed E-state index contributed by atoms with van der Waals surface area (Å²) in [5.41, 5.74) is 2.19. The van der Waals surface area contributed by atoms with Crippen LogP contribution >= 0.6 is 0 Å². The third-order valence-electron chi connectivity index (χ3n) is 3.88. The Morgan fingerprint density at radius 3 is 2.75 bits per heavy atom. The van der Waals surface area contributed by atoms with Crippen molar-refractivity contribution in [3.05, 3.63) is 59.4 Å². The first-order valence-corrected chi connectivity index (χ1v) is 9.09. The lowest BCUT2D eigenvalue weighted by molar-refractivity contribution is -0.116. The molecular formula is C17H17FN2O3S. The van der Waals surface area contributed by atoms with Crippen LogP contribution in [0, 0.1) is 5.82 Å². The average Bonchev–Trinajstić information content (AvgIpc) is 2.54. The molecule has 2 N–H and O–H groups in total. The normalized spacial score (nSPS) is 14.1. The molecule has 0 aliphatic carbocycles. The van der Waals surface area contributed by atoms with Crippen molar-refractivity contribution in [1.29, 1.82) is 0 Å². The van der Waals surface area contributed by atoms with Gasteiger partial charge in [-0.15, -0.1) is 0 Å². The van der Waals surface area contributed by atoms with Crippen molar-refractivity contribution in [2.45, 2.75) is 24.2 Å². The third-order valence-corrected chi connectivity index (χ3v) is 5.34. The Balaban J connectivity index is 1.68. The smallest absolute Gasteiger partial charge is 0.240 e.